The Morgan fingerprint density at radius 3 is 2.53 bits per heavy atom. The first kappa shape index (κ1) is 28.1. The number of halogens is 1. The number of hydrogen-bond donors (Lipinski definition) is 1. The van der Waals surface area contributed by atoms with Gasteiger partial charge in [-0.2, -0.15) is 5.10 Å². The van der Waals surface area contributed by atoms with Crippen LogP contribution in [0.4, 0.5) is 4.79 Å². The average Bonchev–Trinajstić information content (AvgIpc) is 3.38. The standard InChI is InChI=1S/C29H38ClN5O3/c1-4-11-31-29(37)34(13-12-33-14-16-38-17-15-33)20-28(36)35-27(23-7-9-25(30)10-8-23)19-26(32-35)24-6-5-21(2)22(3)18-24/h5-10,18,27H,4,11-17,19-20H2,1-3H3,(H,31,37)/t27-/m0/s1. The van der Waals surface area contributed by atoms with Crippen LogP contribution in [-0.4, -0.2) is 84.9 Å². The Morgan fingerprint density at radius 1 is 1.11 bits per heavy atom. The van der Waals surface area contributed by atoms with Crippen LogP contribution in [0.2, 0.25) is 5.02 Å². The van der Waals surface area contributed by atoms with Crippen molar-refractivity contribution in [2.45, 2.75) is 39.7 Å². The number of nitrogens with one attached hydrogen (secondary N) is 1. The van der Waals surface area contributed by atoms with Gasteiger partial charge in [-0.1, -0.05) is 42.8 Å². The largest absolute Gasteiger partial charge is 0.379 e. The van der Waals surface area contributed by atoms with Crippen LogP contribution in [-0.2, 0) is 9.53 Å². The molecular formula is C29H38ClN5O3. The molecule has 38 heavy (non-hydrogen) atoms. The lowest BCUT2D eigenvalue weighted by Crippen LogP contribution is -2.49. The zero-order valence-corrected chi connectivity index (χ0v) is 23.3. The molecule has 2 aliphatic rings. The molecule has 204 valence electrons. The minimum Gasteiger partial charge on any atom is -0.379 e. The highest BCUT2D eigenvalue weighted by Gasteiger charge is 2.34. The fraction of sp³-hybridized carbons (Fsp3) is 0.483. The minimum absolute atomic E-state index is 0.0479. The molecule has 2 aliphatic heterocycles. The van der Waals surface area contributed by atoms with E-state index in [0.29, 0.717) is 44.3 Å². The van der Waals surface area contributed by atoms with E-state index < -0.39 is 0 Å². The van der Waals surface area contributed by atoms with E-state index in [1.165, 1.54) is 11.1 Å². The molecule has 0 spiro atoms. The SMILES string of the molecule is CCCNC(=O)N(CCN1CCOCC1)CC(=O)N1N=C(c2ccc(C)c(C)c2)C[C@H]1c1ccc(Cl)cc1. The zero-order valence-electron chi connectivity index (χ0n) is 22.6. The molecule has 0 radical (unpaired) electrons. The lowest BCUT2D eigenvalue weighted by molar-refractivity contribution is -0.133. The Bertz CT molecular complexity index is 1150. The summed E-state index contributed by atoms with van der Waals surface area (Å²) < 4.78 is 5.44. The second kappa shape index (κ2) is 13.2. The first-order chi connectivity index (χ1) is 18.4. The van der Waals surface area contributed by atoms with Gasteiger partial charge in [-0.3, -0.25) is 9.69 Å². The van der Waals surface area contributed by atoms with Crippen molar-refractivity contribution in [2.24, 2.45) is 5.10 Å². The number of rotatable bonds is 9. The number of hydrogen-bond acceptors (Lipinski definition) is 5. The van der Waals surface area contributed by atoms with Crippen molar-refractivity contribution in [3.8, 4) is 0 Å². The van der Waals surface area contributed by atoms with E-state index in [9.17, 15) is 9.59 Å². The number of amides is 3. The van der Waals surface area contributed by atoms with Gasteiger partial charge in [0.1, 0.15) is 6.54 Å². The van der Waals surface area contributed by atoms with E-state index in [1.54, 1.807) is 9.91 Å². The van der Waals surface area contributed by atoms with Crippen LogP contribution in [0, 0.1) is 13.8 Å². The highest BCUT2D eigenvalue weighted by molar-refractivity contribution is 6.30. The van der Waals surface area contributed by atoms with Crippen LogP contribution in [0.1, 0.15) is 48.1 Å². The van der Waals surface area contributed by atoms with Crippen molar-refractivity contribution >= 4 is 29.3 Å². The summed E-state index contributed by atoms with van der Waals surface area (Å²) in [7, 11) is 0. The summed E-state index contributed by atoms with van der Waals surface area (Å²) in [4.78, 5) is 30.7. The predicted molar refractivity (Wildman–Crippen MR) is 151 cm³/mol. The van der Waals surface area contributed by atoms with Crippen LogP contribution >= 0.6 is 11.6 Å². The van der Waals surface area contributed by atoms with Gasteiger partial charge in [0.05, 0.1) is 25.0 Å². The van der Waals surface area contributed by atoms with Crippen molar-refractivity contribution in [1.82, 2.24) is 20.1 Å². The second-order valence-electron chi connectivity index (χ2n) is 9.96. The summed E-state index contributed by atoms with van der Waals surface area (Å²) in [5.41, 5.74) is 5.22. The van der Waals surface area contributed by atoms with E-state index in [2.05, 4.69) is 42.3 Å². The summed E-state index contributed by atoms with van der Waals surface area (Å²) >= 11 is 6.15. The number of carbonyl (C=O) groups is 2. The molecule has 2 aromatic rings. The minimum atomic E-state index is -0.267. The van der Waals surface area contributed by atoms with Gasteiger partial charge in [0.2, 0.25) is 0 Å². The number of ether oxygens (including phenoxy) is 1. The van der Waals surface area contributed by atoms with Crippen LogP contribution in [0.25, 0.3) is 0 Å². The quantitative estimate of drug-likeness (QED) is 0.513. The lowest BCUT2D eigenvalue weighted by Gasteiger charge is -2.31. The van der Waals surface area contributed by atoms with Crippen molar-refractivity contribution in [3.63, 3.8) is 0 Å². The predicted octanol–water partition coefficient (Wildman–Crippen LogP) is 4.39. The maximum Gasteiger partial charge on any atom is 0.317 e. The molecule has 9 heteroatoms. The third-order valence-corrected chi connectivity index (χ3v) is 7.44. The Labute approximate surface area is 230 Å². The number of urea groups is 1. The van der Waals surface area contributed by atoms with E-state index in [1.807, 2.05) is 31.2 Å². The van der Waals surface area contributed by atoms with Crippen LogP contribution in [0.5, 0.6) is 0 Å². The van der Waals surface area contributed by atoms with E-state index in [0.717, 1.165) is 36.3 Å². The molecule has 2 aromatic carbocycles. The summed E-state index contributed by atoms with van der Waals surface area (Å²) in [6.07, 6.45) is 1.41. The average molecular weight is 540 g/mol. The first-order valence-corrected chi connectivity index (χ1v) is 13.8. The summed E-state index contributed by atoms with van der Waals surface area (Å²) in [5.74, 6) is -0.211. The number of carbonyl (C=O) groups excluding carboxylic acids is 2. The molecule has 4 rings (SSSR count). The van der Waals surface area contributed by atoms with Gasteiger partial charge in [0.25, 0.3) is 5.91 Å². The van der Waals surface area contributed by atoms with Crippen molar-refractivity contribution in [1.29, 1.82) is 0 Å². The fourth-order valence-electron chi connectivity index (χ4n) is 4.70. The molecule has 3 amide bonds. The number of benzene rings is 2. The molecule has 1 N–H and O–H groups in total. The van der Waals surface area contributed by atoms with Gasteiger partial charge in [-0.25, -0.2) is 9.80 Å². The third-order valence-electron chi connectivity index (χ3n) is 7.19. The molecule has 2 heterocycles. The number of nitrogens with zero attached hydrogens (tertiary/aromatic N) is 4. The highest BCUT2D eigenvalue weighted by Crippen LogP contribution is 2.34. The smallest absolute Gasteiger partial charge is 0.317 e. The maximum atomic E-state index is 13.8. The number of hydrazone groups is 1. The van der Waals surface area contributed by atoms with Crippen LogP contribution in [0.15, 0.2) is 47.6 Å². The molecule has 8 nitrogen and oxygen atoms in total. The van der Waals surface area contributed by atoms with Gasteiger partial charge in [0, 0.05) is 44.2 Å². The Morgan fingerprint density at radius 2 is 1.84 bits per heavy atom. The third kappa shape index (κ3) is 7.12. The van der Waals surface area contributed by atoms with Crippen molar-refractivity contribution in [3.05, 3.63) is 69.7 Å². The van der Waals surface area contributed by atoms with Crippen molar-refractivity contribution in [2.75, 3.05) is 52.5 Å². The number of aryl methyl sites for hydroxylation is 2. The highest BCUT2D eigenvalue weighted by atomic mass is 35.5. The second-order valence-corrected chi connectivity index (χ2v) is 10.4. The van der Waals surface area contributed by atoms with Gasteiger partial charge >= 0.3 is 6.03 Å². The molecule has 1 fully saturated rings. The first-order valence-electron chi connectivity index (χ1n) is 13.4. The van der Waals surface area contributed by atoms with E-state index >= 15 is 0 Å². The van der Waals surface area contributed by atoms with E-state index in [4.69, 9.17) is 21.4 Å². The molecule has 0 aromatic heterocycles. The van der Waals surface area contributed by atoms with Gasteiger partial charge in [-0.15, -0.1) is 0 Å². The van der Waals surface area contributed by atoms with E-state index in [-0.39, 0.29) is 24.5 Å². The Balaban J connectivity index is 1.56. The Hall–Kier alpha value is -2.94. The number of morpholine rings is 1. The molecule has 0 bridgehead atoms. The van der Waals surface area contributed by atoms with Crippen LogP contribution in [0.3, 0.4) is 0 Å². The van der Waals surface area contributed by atoms with Crippen molar-refractivity contribution < 1.29 is 14.3 Å². The Kier molecular flexibility index (Phi) is 9.77. The van der Waals surface area contributed by atoms with Gasteiger partial charge in [0.15, 0.2) is 0 Å². The van der Waals surface area contributed by atoms with Gasteiger partial charge in [-0.05, 0) is 60.7 Å². The molecule has 1 atom stereocenters. The monoisotopic (exact) mass is 539 g/mol. The molecule has 0 saturated carbocycles. The normalized spacial score (nSPS) is 17.8. The molecule has 0 aliphatic carbocycles. The summed E-state index contributed by atoms with van der Waals surface area (Å²) in [6, 6.07) is 13.3. The summed E-state index contributed by atoms with van der Waals surface area (Å²) in [5, 5.41) is 9.95. The maximum absolute atomic E-state index is 13.8. The topological polar surface area (TPSA) is 77.5 Å². The zero-order chi connectivity index (χ0) is 27.1. The fourth-order valence-corrected chi connectivity index (χ4v) is 4.83. The summed E-state index contributed by atoms with van der Waals surface area (Å²) in [6.45, 7) is 10.9. The molecule has 0 unspecified atom stereocenters. The molecule has 1 saturated heterocycles. The van der Waals surface area contributed by atoms with Crippen LogP contribution < -0.4 is 5.32 Å². The lowest BCUT2D eigenvalue weighted by atomic mass is 9.96. The van der Waals surface area contributed by atoms with Gasteiger partial charge < -0.3 is 15.0 Å². The molecular weight excluding hydrogens is 502 g/mol.